The van der Waals surface area contributed by atoms with E-state index in [4.69, 9.17) is 16.3 Å². The van der Waals surface area contributed by atoms with E-state index in [-0.39, 0.29) is 17.9 Å². The molecule has 0 aliphatic heterocycles. The number of benzene rings is 3. The third-order valence-corrected chi connectivity index (χ3v) is 4.42. The molecule has 0 aliphatic rings. The van der Waals surface area contributed by atoms with E-state index >= 15 is 0 Å². The lowest BCUT2D eigenvalue weighted by molar-refractivity contribution is -0.384. The first-order valence-corrected chi connectivity index (χ1v) is 9.48. The molecule has 3 aromatic rings. The number of amides is 1. The minimum Gasteiger partial charge on any atom is -0.488 e. The average Bonchev–Trinajstić information content (AvgIpc) is 2.77. The molecular weight excluding hydrogens is 418 g/mol. The van der Waals surface area contributed by atoms with E-state index in [0.717, 1.165) is 0 Å². The molecule has 3 aromatic carbocycles. The molecule has 3 rings (SSSR count). The van der Waals surface area contributed by atoms with Gasteiger partial charge in [0.2, 0.25) is 0 Å². The molecule has 0 spiro atoms. The summed E-state index contributed by atoms with van der Waals surface area (Å²) in [6, 6.07) is 21.5. The van der Waals surface area contributed by atoms with Gasteiger partial charge in [-0.3, -0.25) is 14.9 Å². The number of hydrogen-bond acceptors (Lipinski definition) is 5. The molecule has 0 heterocycles. The van der Waals surface area contributed by atoms with Gasteiger partial charge in [-0.1, -0.05) is 41.9 Å². The Hall–Kier alpha value is -4.15. The Bertz CT molecular complexity index is 1190. The maximum absolute atomic E-state index is 12.5. The quantitative estimate of drug-likeness (QED) is 0.233. The van der Waals surface area contributed by atoms with Crippen LogP contribution in [0.4, 0.5) is 11.4 Å². The maximum atomic E-state index is 12.5. The second-order valence-electron chi connectivity index (χ2n) is 6.39. The number of halogens is 1. The molecule has 0 fully saturated rings. The van der Waals surface area contributed by atoms with Crippen molar-refractivity contribution in [3.63, 3.8) is 0 Å². The highest BCUT2D eigenvalue weighted by atomic mass is 35.5. The predicted molar refractivity (Wildman–Crippen MR) is 118 cm³/mol. The molecular formula is C23H16ClN3O4. The molecule has 0 aliphatic carbocycles. The van der Waals surface area contributed by atoms with Crippen molar-refractivity contribution < 1.29 is 14.5 Å². The van der Waals surface area contributed by atoms with E-state index in [1.54, 1.807) is 54.6 Å². The van der Waals surface area contributed by atoms with E-state index < -0.39 is 10.8 Å². The van der Waals surface area contributed by atoms with Crippen LogP contribution >= 0.6 is 11.6 Å². The van der Waals surface area contributed by atoms with Crippen LogP contribution in [0.3, 0.4) is 0 Å². The highest BCUT2D eigenvalue weighted by Gasteiger charge is 2.13. The van der Waals surface area contributed by atoms with Crippen LogP contribution in [0.15, 0.2) is 78.4 Å². The second kappa shape index (κ2) is 10.1. The SMILES string of the molecule is N#C/C(=C\c1cc(Cl)ccc1OCc1cccc([N+](=O)[O-])c1)C(=O)Nc1ccccc1. The van der Waals surface area contributed by atoms with Crippen LogP contribution in [0.5, 0.6) is 5.75 Å². The molecule has 31 heavy (non-hydrogen) atoms. The molecule has 0 saturated carbocycles. The summed E-state index contributed by atoms with van der Waals surface area (Å²) in [5, 5.41) is 23.5. The largest absolute Gasteiger partial charge is 0.488 e. The lowest BCUT2D eigenvalue weighted by Crippen LogP contribution is -2.13. The van der Waals surface area contributed by atoms with Crippen molar-refractivity contribution in [2.75, 3.05) is 5.32 Å². The van der Waals surface area contributed by atoms with Crippen LogP contribution < -0.4 is 10.1 Å². The Labute approximate surface area is 183 Å². The Morgan fingerprint density at radius 1 is 1.13 bits per heavy atom. The van der Waals surface area contributed by atoms with Crippen molar-refractivity contribution in [2.45, 2.75) is 6.61 Å². The summed E-state index contributed by atoms with van der Waals surface area (Å²) >= 11 is 6.08. The monoisotopic (exact) mass is 433 g/mol. The van der Waals surface area contributed by atoms with Gasteiger partial charge in [0, 0.05) is 28.4 Å². The van der Waals surface area contributed by atoms with Crippen molar-refractivity contribution >= 4 is 35.0 Å². The van der Waals surface area contributed by atoms with Gasteiger partial charge in [-0.05, 0) is 42.0 Å². The number of nitrogens with zero attached hydrogens (tertiary/aromatic N) is 2. The fourth-order valence-electron chi connectivity index (χ4n) is 2.71. The minimum atomic E-state index is -0.571. The molecule has 1 N–H and O–H groups in total. The van der Waals surface area contributed by atoms with Crippen LogP contribution in [0.1, 0.15) is 11.1 Å². The third kappa shape index (κ3) is 5.92. The zero-order valence-electron chi connectivity index (χ0n) is 16.1. The molecule has 8 heteroatoms. The summed E-state index contributed by atoms with van der Waals surface area (Å²) in [5.41, 5.74) is 1.41. The van der Waals surface area contributed by atoms with Gasteiger partial charge in [0.1, 0.15) is 24.0 Å². The Kier molecular flexibility index (Phi) is 6.99. The minimum absolute atomic E-state index is 0.0401. The van der Waals surface area contributed by atoms with Gasteiger partial charge in [-0.25, -0.2) is 0 Å². The molecule has 0 radical (unpaired) electrons. The number of hydrogen-bond donors (Lipinski definition) is 1. The Morgan fingerprint density at radius 3 is 2.61 bits per heavy atom. The highest BCUT2D eigenvalue weighted by molar-refractivity contribution is 6.30. The van der Waals surface area contributed by atoms with Gasteiger partial charge in [0.25, 0.3) is 11.6 Å². The molecule has 1 amide bonds. The molecule has 0 unspecified atom stereocenters. The second-order valence-corrected chi connectivity index (χ2v) is 6.82. The lowest BCUT2D eigenvalue weighted by Gasteiger charge is -2.11. The molecule has 0 atom stereocenters. The number of non-ortho nitro benzene ring substituents is 1. The normalized spacial score (nSPS) is 10.8. The zero-order valence-corrected chi connectivity index (χ0v) is 16.9. The first kappa shape index (κ1) is 21.6. The maximum Gasteiger partial charge on any atom is 0.269 e. The fourth-order valence-corrected chi connectivity index (χ4v) is 2.89. The molecule has 0 bridgehead atoms. The van der Waals surface area contributed by atoms with Gasteiger partial charge in [0.15, 0.2) is 0 Å². The predicted octanol–water partition coefficient (Wildman–Crippen LogP) is 5.37. The number of para-hydroxylation sites is 1. The number of nitro groups is 1. The first-order valence-electron chi connectivity index (χ1n) is 9.10. The van der Waals surface area contributed by atoms with Crippen molar-refractivity contribution in [1.82, 2.24) is 0 Å². The van der Waals surface area contributed by atoms with Gasteiger partial charge in [-0.2, -0.15) is 5.26 Å². The number of rotatable bonds is 7. The van der Waals surface area contributed by atoms with E-state index in [2.05, 4.69) is 5.32 Å². The summed E-state index contributed by atoms with van der Waals surface area (Å²) in [6.07, 6.45) is 1.38. The fraction of sp³-hybridized carbons (Fsp3) is 0.0435. The van der Waals surface area contributed by atoms with Gasteiger partial charge < -0.3 is 10.1 Å². The van der Waals surface area contributed by atoms with E-state index in [1.165, 1.54) is 18.2 Å². The molecule has 0 saturated heterocycles. The van der Waals surface area contributed by atoms with Crippen LogP contribution in [-0.2, 0) is 11.4 Å². The molecule has 7 nitrogen and oxygen atoms in total. The topological polar surface area (TPSA) is 105 Å². The number of nitriles is 1. The summed E-state index contributed by atoms with van der Waals surface area (Å²) < 4.78 is 5.79. The van der Waals surface area contributed by atoms with Crippen LogP contribution in [0, 0.1) is 21.4 Å². The summed E-state index contributed by atoms with van der Waals surface area (Å²) in [5.74, 6) is -0.200. The summed E-state index contributed by atoms with van der Waals surface area (Å²) in [6.45, 7) is 0.0578. The van der Waals surface area contributed by atoms with Crippen molar-refractivity contribution in [1.29, 1.82) is 5.26 Å². The summed E-state index contributed by atoms with van der Waals surface area (Å²) in [4.78, 5) is 22.9. The number of ether oxygens (including phenoxy) is 1. The molecule has 0 aromatic heterocycles. The zero-order chi connectivity index (χ0) is 22.2. The smallest absolute Gasteiger partial charge is 0.269 e. The van der Waals surface area contributed by atoms with Crippen LogP contribution in [0.25, 0.3) is 6.08 Å². The molecule has 154 valence electrons. The number of carbonyl (C=O) groups is 1. The highest BCUT2D eigenvalue weighted by Crippen LogP contribution is 2.27. The van der Waals surface area contributed by atoms with E-state index in [1.807, 2.05) is 12.1 Å². The van der Waals surface area contributed by atoms with E-state index in [0.29, 0.717) is 27.6 Å². The number of nitro benzene ring substituents is 1. The van der Waals surface area contributed by atoms with Gasteiger partial charge in [0.05, 0.1) is 4.92 Å². The van der Waals surface area contributed by atoms with E-state index in [9.17, 15) is 20.2 Å². The van der Waals surface area contributed by atoms with Crippen LogP contribution in [0.2, 0.25) is 5.02 Å². The van der Waals surface area contributed by atoms with Gasteiger partial charge >= 0.3 is 0 Å². The standard InChI is InChI=1S/C23H16ClN3O4/c24-19-9-10-22(31-15-16-5-4-8-21(11-16)27(29)30)17(13-19)12-18(14-25)23(28)26-20-6-2-1-3-7-20/h1-13H,15H2,(H,26,28)/b18-12+. The third-order valence-electron chi connectivity index (χ3n) is 4.18. The Balaban J connectivity index is 1.83. The Morgan fingerprint density at radius 2 is 1.90 bits per heavy atom. The average molecular weight is 434 g/mol. The number of carbonyl (C=O) groups excluding carboxylic acids is 1. The number of anilines is 1. The van der Waals surface area contributed by atoms with Gasteiger partial charge in [-0.15, -0.1) is 0 Å². The number of nitrogens with one attached hydrogen (secondary N) is 1. The first-order chi connectivity index (χ1) is 15.0. The van der Waals surface area contributed by atoms with Crippen LogP contribution in [-0.4, -0.2) is 10.8 Å². The van der Waals surface area contributed by atoms with Crippen molar-refractivity contribution in [3.8, 4) is 11.8 Å². The van der Waals surface area contributed by atoms with Crippen molar-refractivity contribution in [2.24, 2.45) is 0 Å². The van der Waals surface area contributed by atoms with Crippen molar-refractivity contribution in [3.05, 3.63) is 105 Å². The lowest BCUT2D eigenvalue weighted by atomic mass is 10.1. The summed E-state index contributed by atoms with van der Waals surface area (Å²) in [7, 11) is 0.